The lowest BCUT2D eigenvalue weighted by atomic mass is 10.1. The monoisotopic (exact) mass is 428 g/mol. The first-order valence-electron chi connectivity index (χ1n) is 8.66. The summed E-state index contributed by atoms with van der Waals surface area (Å²) in [5, 5.41) is 5.05. The second kappa shape index (κ2) is 9.66. The van der Waals surface area contributed by atoms with Crippen molar-refractivity contribution in [2.24, 2.45) is 5.14 Å². The molecule has 0 aliphatic heterocycles. The maximum absolute atomic E-state index is 12.5. The summed E-state index contributed by atoms with van der Waals surface area (Å²) in [5.74, 6) is -0.113. The molecule has 0 bridgehead atoms. The van der Waals surface area contributed by atoms with Gasteiger partial charge in [-0.3, -0.25) is 4.79 Å². The predicted octanol–water partition coefficient (Wildman–Crippen LogP) is 2.54. The fourth-order valence-electron chi connectivity index (χ4n) is 2.58. The van der Waals surface area contributed by atoms with Gasteiger partial charge < -0.3 is 14.4 Å². The lowest BCUT2D eigenvalue weighted by Crippen LogP contribution is -2.27. The van der Waals surface area contributed by atoms with Crippen molar-refractivity contribution in [3.8, 4) is 11.5 Å². The van der Waals surface area contributed by atoms with E-state index in [1.807, 2.05) is 0 Å². The van der Waals surface area contributed by atoms with Crippen LogP contribution in [0.3, 0.4) is 0 Å². The number of carbonyl (C=O) groups is 1. The lowest BCUT2D eigenvalue weighted by molar-refractivity contribution is -0.129. The molecule has 0 saturated carbocycles. The van der Waals surface area contributed by atoms with Crippen LogP contribution >= 0.6 is 0 Å². The third-order valence-electron chi connectivity index (χ3n) is 3.98. The van der Waals surface area contributed by atoms with Gasteiger partial charge in [-0.1, -0.05) is 18.2 Å². The number of benzene rings is 2. The molecule has 0 saturated heterocycles. The average Bonchev–Trinajstić information content (AvgIpc) is 2.63. The Hall–Kier alpha value is -2.72. The highest BCUT2D eigenvalue weighted by molar-refractivity contribution is 7.89. The van der Waals surface area contributed by atoms with Crippen molar-refractivity contribution >= 4 is 15.9 Å². The molecule has 0 aliphatic carbocycles. The van der Waals surface area contributed by atoms with Crippen LogP contribution in [0.25, 0.3) is 0 Å². The molecule has 1 amide bonds. The van der Waals surface area contributed by atoms with Crippen LogP contribution in [-0.2, 0) is 27.8 Å². The molecule has 0 radical (unpaired) electrons. The summed E-state index contributed by atoms with van der Waals surface area (Å²) in [6.07, 6.45) is 0.0618. The zero-order chi connectivity index (χ0) is 21.6. The van der Waals surface area contributed by atoms with E-state index in [1.54, 1.807) is 26.1 Å². The van der Waals surface area contributed by atoms with E-state index in [1.165, 1.54) is 35.2 Å². The molecule has 2 N–H and O–H groups in total. The highest BCUT2D eigenvalue weighted by atomic mass is 32.2. The number of primary sulfonamides is 1. The molecule has 2 aromatic rings. The standard InChI is InChI=1S/C19H22F2N2O5S/c1-3-27-17-10-14(6-9-16(17)28-19(20)21)12-23(2)18(24)11-13-4-7-15(8-5-13)29(22,25)26/h4-10,19H,3,11-12H2,1-2H3,(H2,22,25,26). The topological polar surface area (TPSA) is 98.9 Å². The van der Waals surface area contributed by atoms with E-state index in [4.69, 9.17) is 9.88 Å². The van der Waals surface area contributed by atoms with Gasteiger partial charge in [0.05, 0.1) is 17.9 Å². The zero-order valence-corrected chi connectivity index (χ0v) is 16.8. The van der Waals surface area contributed by atoms with Crippen LogP contribution in [0.5, 0.6) is 11.5 Å². The highest BCUT2D eigenvalue weighted by Gasteiger charge is 2.15. The van der Waals surface area contributed by atoms with Crippen LogP contribution in [0.1, 0.15) is 18.1 Å². The Morgan fingerprint density at radius 2 is 1.72 bits per heavy atom. The first-order valence-corrected chi connectivity index (χ1v) is 10.2. The molecule has 2 aromatic carbocycles. The minimum atomic E-state index is -3.79. The summed E-state index contributed by atoms with van der Waals surface area (Å²) in [6.45, 7) is -0.754. The Bertz CT molecular complexity index is 950. The fraction of sp³-hybridized carbons (Fsp3) is 0.316. The summed E-state index contributed by atoms with van der Waals surface area (Å²) < 4.78 is 57.3. The number of hydrogen-bond donors (Lipinski definition) is 1. The van der Waals surface area contributed by atoms with Gasteiger partial charge in [0.2, 0.25) is 15.9 Å². The van der Waals surface area contributed by atoms with Crippen molar-refractivity contribution in [2.75, 3.05) is 13.7 Å². The molecule has 0 atom stereocenters. The van der Waals surface area contributed by atoms with Crippen LogP contribution in [-0.4, -0.2) is 39.5 Å². The molecule has 0 fully saturated rings. The second-order valence-electron chi connectivity index (χ2n) is 6.21. The van der Waals surface area contributed by atoms with Gasteiger partial charge in [-0.05, 0) is 42.3 Å². The van der Waals surface area contributed by atoms with Crippen molar-refractivity contribution in [3.63, 3.8) is 0 Å². The SMILES string of the molecule is CCOc1cc(CN(C)C(=O)Cc2ccc(S(N)(=O)=O)cc2)ccc1OC(F)F. The van der Waals surface area contributed by atoms with E-state index in [0.717, 1.165) is 0 Å². The maximum Gasteiger partial charge on any atom is 0.387 e. The van der Waals surface area contributed by atoms with Crippen molar-refractivity contribution < 1.29 is 31.5 Å². The van der Waals surface area contributed by atoms with Gasteiger partial charge >= 0.3 is 6.61 Å². The molecule has 158 valence electrons. The summed E-state index contributed by atoms with van der Waals surface area (Å²) in [7, 11) is -2.19. The average molecular weight is 428 g/mol. The van der Waals surface area contributed by atoms with Gasteiger partial charge in [-0.15, -0.1) is 0 Å². The predicted molar refractivity (Wildman–Crippen MR) is 102 cm³/mol. The molecule has 2 rings (SSSR count). The number of hydrogen-bond acceptors (Lipinski definition) is 5. The summed E-state index contributed by atoms with van der Waals surface area (Å²) in [6, 6.07) is 10.2. The zero-order valence-electron chi connectivity index (χ0n) is 16.0. The third-order valence-corrected chi connectivity index (χ3v) is 4.91. The minimum Gasteiger partial charge on any atom is -0.490 e. The number of amides is 1. The van der Waals surface area contributed by atoms with E-state index in [-0.39, 0.29) is 41.9 Å². The van der Waals surface area contributed by atoms with Crippen LogP contribution in [0.4, 0.5) is 8.78 Å². The van der Waals surface area contributed by atoms with Crippen molar-refractivity contribution in [1.29, 1.82) is 0 Å². The molecule has 7 nitrogen and oxygen atoms in total. The quantitative estimate of drug-likeness (QED) is 0.662. The van der Waals surface area contributed by atoms with Gasteiger partial charge in [0, 0.05) is 13.6 Å². The Labute approximate surface area is 168 Å². The highest BCUT2D eigenvalue weighted by Crippen LogP contribution is 2.30. The van der Waals surface area contributed by atoms with Crippen LogP contribution in [0, 0.1) is 0 Å². The van der Waals surface area contributed by atoms with Crippen LogP contribution in [0.2, 0.25) is 0 Å². The minimum absolute atomic E-state index is 0.0309. The number of ether oxygens (including phenoxy) is 2. The summed E-state index contributed by atoms with van der Waals surface area (Å²) in [4.78, 5) is 13.9. The van der Waals surface area contributed by atoms with E-state index in [9.17, 15) is 22.0 Å². The Kier molecular flexibility index (Phi) is 7.52. The number of nitrogens with two attached hydrogens (primary N) is 1. The molecule has 0 spiro atoms. The number of likely N-dealkylation sites (N-methyl/N-ethyl adjacent to an activating group) is 1. The van der Waals surface area contributed by atoms with Crippen LogP contribution < -0.4 is 14.6 Å². The third kappa shape index (κ3) is 6.68. The molecular formula is C19H22F2N2O5S. The number of carbonyl (C=O) groups excluding carboxylic acids is 1. The fourth-order valence-corrected chi connectivity index (χ4v) is 3.10. The van der Waals surface area contributed by atoms with Gasteiger partial charge in [-0.2, -0.15) is 8.78 Å². The summed E-state index contributed by atoms with van der Waals surface area (Å²) in [5.41, 5.74) is 1.31. The van der Waals surface area contributed by atoms with E-state index in [0.29, 0.717) is 11.1 Å². The molecule has 29 heavy (non-hydrogen) atoms. The van der Waals surface area contributed by atoms with Gasteiger partial charge in [-0.25, -0.2) is 13.6 Å². The molecule has 10 heteroatoms. The summed E-state index contributed by atoms with van der Waals surface area (Å²) >= 11 is 0. The smallest absolute Gasteiger partial charge is 0.387 e. The van der Waals surface area contributed by atoms with E-state index < -0.39 is 16.6 Å². The molecule has 0 aliphatic rings. The first-order chi connectivity index (χ1) is 13.6. The number of alkyl halides is 2. The van der Waals surface area contributed by atoms with Crippen LogP contribution in [0.15, 0.2) is 47.4 Å². The van der Waals surface area contributed by atoms with Crippen molar-refractivity contribution in [3.05, 3.63) is 53.6 Å². The Morgan fingerprint density at radius 3 is 2.28 bits per heavy atom. The van der Waals surface area contributed by atoms with Gasteiger partial charge in [0.15, 0.2) is 11.5 Å². The maximum atomic E-state index is 12.5. The molecule has 0 aromatic heterocycles. The Morgan fingerprint density at radius 1 is 1.10 bits per heavy atom. The normalized spacial score (nSPS) is 11.4. The van der Waals surface area contributed by atoms with E-state index >= 15 is 0 Å². The lowest BCUT2D eigenvalue weighted by Gasteiger charge is -2.19. The molecular weight excluding hydrogens is 406 g/mol. The number of nitrogens with zero attached hydrogens (tertiary/aromatic N) is 1. The van der Waals surface area contributed by atoms with Crippen molar-refractivity contribution in [2.45, 2.75) is 31.4 Å². The molecule has 0 heterocycles. The largest absolute Gasteiger partial charge is 0.490 e. The number of rotatable bonds is 9. The van der Waals surface area contributed by atoms with Crippen molar-refractivity contribution in [1.82, 2.24) is 4.90 Å². The number of sulfonamides is 1. The van der Waals surface area contributed by atoms with Gasteiger partial charge in [0.25, 0.3) is 0 Å². The Balaban J connectivity index is 2.06. The molecule has 0 unspecified atom stereocenters. The van der Waals surface area contributed by atoms with E-state index in [2.05, 4.69) is 4.74 Å². The second-order valence-corrected chi connectivity index (χ2v) is 7.77. The first kappa shape index (κ1) is 22.6. The van der Waals surface area contributed by atoms with Gasteiger partial charge in [0.1, 0.15) is 0 Å². The number of halogens is 2.